The van der Waals surface area contributed by atoms with Crippen LogP contribution in [0.2, 0.25) is 5.15 Å². The van der Waals surface area contributed by atoms with Crippen molar-refractivity contribution in [1.82, 2.24) is 4.98 Å². The number of furan rings is 1. The summed E-state index contributed by atoms with van der Waals surface area (Å²) in [5.41, 5.74) is 2.80. The van der Waals surface area contributed by atoms with E-state index in [1.54, 1.807) is 24.3 Å². The molecule has 0 aliphatic carbocycles. The average Bonchev–Trinajstić information content (AvgIpc) is 3.04. The monoisotopic (exact) mass is 342 g/mol. The lowest BCUT2D eigenvalue weighted by Crippen LogP contribution is -2.13. The minimum atomic E-state index is -0.319. The third-order valence-corrected chi connectivity index (χ3v) is 3.87. The number of pyridine rings is 1. The Morgan fingerprint density at radius 2 is 2.12 bits per heavy atom. The number of amides is 1. The van der Waals surface area contributed by atoms with Crippen molar-refractivity contribution in [2.45, 2.75) is 13.5 Å². The lowest BCUT2D eigenvalue weighted by molar-refractivity contribution is 0.102. The summed E-state index contributed by atoms with van der Waals surface area (Å²) in [7, 11) is 0. The van der Waals surface area contributed by atoms with Gasteiger partial charge in [0, 0.05) is 17.4 Å². The zero-order valence-electron chi connectivity index (χ0n) is 12.9. The first-order valence-electron chi connectivity index (χ1n) is 7.31. The highest BCUT2D eigenvalue weighted by atomic mass is 35.5. The Balaban J connectivity index is 1.82. The van der Waals surface area contributed by atoms with Gasteiger partial charge in [-0.1, -0.05) is 11.6 Å². The lowest BCUT2D eigenvalue weighted by Gasteiger charge is -2.09. The van der Waals surface area contributed by atoms with Crippen LogP contribution in [0.15, 0.2) is 53.1 Å². The van der Waals surface area contributed by atoms with Gasteiger partial charge in [0.25, 0.3) is 5.91 Å². The van der Waals surface area contributed by atoms with Gasteiger partial charge in [-0.3, -0.25) is 4.79 Å². The number of aliphatic hydroxyl groups is 1. The van der Waals surface area contributed by atoms with Crippen molar-refractivity contribution in [2.75, 3.05) is 5.32 Å². The average molecular weight is 343 g/mol. The predicted molar refractivity (Wildman–Crippen MR) is 92.0 cm³/mol. The number of rotatable bonds is 4. The molecule has 0 spiro atoms. The summed E-state index contributed by atoms with van der Waals surface area (Å²) in [5.74, 6) is 0.860. The summed E-state index contributed by atoms with van der Waals surface area (Å²) in [4.78, 5) is 16.2. The fraction of sp³-hybridized carbons (Fsp3) is 0.111. The number of aromatic nitrogens is 1. The highest BCUT2D eigenvalue weighted by Crippen LogP contribution is 2.28. The van der Waals surface area contributed by atoms with Gasteiger partial charge in [-0.15, -0.1) is 0 Å². The molecule has 1 aromatic carbocycles. The highest BCUT2D eigenvalue weighted by molar-refractivity contribution is 6.33. The number of hydrogen-bond acceptors (Lipinski definition) is 4. The molecule has 24 heavy (non-hydrogen) atoms. The zero-order valence-corrected chi connectivity index (χ0v) is 13.7. The maximum Gasteiger partial charge on any atom is 0.258 e. The number of nitrogens with one attached hydrogen (secondary N) is 1. The van der Waals surface area contributed by atoms with Crippen LogP contribution in [-0.2, 0) is 6.61 Å². The lowest BCUT2D eigenvalue weighted by atomic mass is 10.1. The summed E-state index contributed by atoms with van der Waals surface area (Å²) < 4.78 is 5.54. The number of carbonyl (C=O) groups is 1. The number of aryl methyl sites for hydroxylation is 1. The number of nitrogens with zero attached hydrogens (tertiary/aromatic N) is 1. The van der Waals surface area contributed by atoms with E-state index in [4.69, 9.17) is 21.1 Å². The minimum absolute atomic E-state index is 0.140. The van der Waals surface area contributed by atoms with Crippen LogP contribution in [0, 0.1) is 6.92 Å². The standard InChI is InChI=1S/C18H15ClN2O3/c1-11-9-12(21-18(23)15-3-2-8-20-17(15)19)4-6-14(11)16-7-5-13(10-22)24-16/h2-9,22H,10H2,1H3,(H,21,23). The number of anilines is 1. The minimum Gasteiger partial charge on any atom is -0.459 e. The molecule has 0 bridgehead atoms. The molecule has 6 heteroatoms. The van der Waals surface area contributed by atoms with Gasteiger partial charge in [-0.25, -0.2) is 4.98 Å². The third kappa shape index (κ3) is 3.32. The second-order valence-corrected chi connectivity index (χ2v) is 5.61. The fourth-order valence-corrected chi connectivity index (χ4v) is 2.58. The van der Waals surface area contributed by atoms with Crippen LogP contribution in [0.1, 0.15) is 21.7 Å². The first-order valence-corrected chi connectivity index (χ1v) is 7.68. The van der Waals surface area contributed by atoms with Gasteiger partial charge >= 0.3 is 0 Å². The highest BCUT2D eigenvalue weighted by Gasteiger charge is 2.12. The summed E-state index contributed by atoms with van der Waals surface area (Å²) >= 11 is 5.93. The number of carbonyl (C=O) groups excluding carboxylic acids is 1. The molecule has 5 nitrogen and oxygen atoms in total. The van der Waals surface area contributed by atoms with E-state index in [9.17, 15) is 4.79 Å². The van der Waals surface area contributed by atoms with Crippen molar-refractivity contribution < 1.29 is 14.3 Å². The van der Waals surface area contributed by atoms with Crippen LogP contribution in [0.5, 0.6) is 0 Å². The van der Waals surface area contributed by atoms with Crippen molar-refractivity contribution in [3.05, 3.63) is 70.7 Å². The van der Waals surface area contributed by atoms with Crippen molar-refractivity contribution in [3.8, 4) is 11.3 Å². The molecular weight excluding hydrogens is 328 g/mol. The topological polar surface area (TPSA) is 75.4 Å². The largest absolute Gasteiger partial charge is 0.459 e. The predicted octanol–water partition coefficient (Wildman–Crippen LogP) is 4.05. The molecule has 1 amide bonds. The van der Waals surface area contributed by atoms with Crippen LogP contribution in [0.4, 0.5) is 5.69 Å². The van der Waals surface area contributed by atoms with Gasteiger partial charge in [-0.05, 0) is 55.0 Å². The zero-order chi connectivity index (χ0) is 17.1. The Bertz CT molecular complexity index is 889. The Morgan fingerprint density at radius 1 is 1.29 bits per heavy atom. The molecule has 0 radical (unpaired) electrons. The van der Waals surface area contributed by atoms with Gasteiger partial charge in [0.1, 0.15) is 23.3 Å². The van der Waals surface area contributed by atoms with Crippen molar-refractivity contribution in [1.29, 1.82) is 0 Å². The summed E-state index contributed by atoms with van der Waals surface area (Å²) in [6.45, 7) is 1.78. The second kappa shape index (κ2) is 6.86. The van der Waals surface area contributed by atoms with E-state index in [0.29, 0.717) is 22.8 Å². The Labute approximate surface area is 143 Å². The smallest absolute Gasteiger partial charge is 0.258 e. The number of benzene rings is 1. The maximum atomic E-state index is 12.3. The van der Waals surface area contributed by atoms with E-state index in [2.05, 4.69) is 10.3 Å². The quantitative estimate of drug-likeness (QED) is 0.701. The van der Waals surface area contributed by atoms with Crippen LogP contribution < -0.4 is 5.32 Å². The molecule has 0 unspecified atom stereocenters. The second-order valence-electron chi connectivity index (χ2n) is 5.25. The van der Waals surface area contributed by atoms with Crippen LogP contribution in [0.3, 0.4) is 0 Å². The molecular formula is C18H15ClN2O3. The van der Waals surface area contributed by atoms with E-state index < -0.39 is 0 Å². The summed E-state index contributed by atoms with van der Waals surface area (Å²) in [6, 6.07) is 12.3. The Hall–Kier alpha value is -2.63. The van der Waals surface area contributed by atoms with E-state index >= 15 is 0 Å². The molecule has 3 rings (SSSR count). The SMILES string of the molecule is Cc1cc(NC(=O)c2cccnc2Cl)ccc1-c1ccc(CO)o1. The molecule has 3 aromatic rings. The number of hydrogen-bond donors (Lipinski definition) is 2. The van der Waals surface area contributed by atoms with Crippen LogP contribution in [-0.4, -0.2) is 16.0 Å². The molecule has 2 aromatic heterocycles. The molecule has 0 aliphatic rings. The first kappa shape index (κ1) is 16.2. The fourth-order valence-electron chi connectivity index (χ4n) is 2.38. The van der Waals surface area contributed by atoms with E-state index in [1.165, 1.54) is 6.20 Å². The van der Waals surface area contributed by atoms with Gasteiger partial charge in [-0.2, -0.15) is 0 Å². The van der Waals surface area contributed by atoms with Crippen LogP contribution in [0.25, 0.3) is 11.3 Å². The molecule has 2 heterocycles. The van der Waals surface area contributed by atoms with E-state index in [-0.39, 0.29) is 17.7 Å². The molecule has 0 saturated carbocycles. The molecule has 2 N–H and O–H groups in total. The van der Waals surface area contributed by atoms with Crippen LogP contribution >= 0.6 is 11.6 Å². The van der Waals surface area contributed by atoms with E-state index in [1.807, 2.05) is 25.1 Å². The third-order valence-electron chi connectivity index (χ3n) is 3.57. The maximum absolute atomic E-state index is 12.3. The number of aliphatic hydroxyl groups excluding tert-OH is 1. The van der Waals surface area contributed by atoms with Gasteiger partial charge < -0.3 is 14.8 Å². The first-order chi connectivity index (χ1) is 11.6. The number of halogens is 1. The van der Waals surface area contributed by atoms with Gasteiger partial charge in [0.15, 0.2) is 0 Å². The van der Waals surface area contributed by atoms with Crippen molar-refractivity contribution in [2.24, 2.45) is 0 Å². The Morgan fingerprint density at radius 3 is 2.79 bits per heavy atom. The normalized spacial score (nSPS) is 10.6. The molecule has 0 atom stereocenters. The van der Waals surface area contributed by atoms with Gasteiger partial charge in [0.2, 0.25) is 0 Å². The summed E-state index contributed by atoms with van der Waals surface area (Å²) in [5, 5.41) is 12.0. The molecule has 0 fully saturated rings. The molecule has 0 aliphatic heterocycles. The summed E-state index contributed by atoms with van der Waals surface area (Å²) in [6.07, 6.45) is 1.53. The van der Waals surface area contributed by atoms with E-state index in [0.717, 1.165) is 11.1 Å². The molecule has 0 saturated heterocycles. The van der Waals surface area contributed by atoms with Gasteiger partial charge in [0.05, 0.1) is 5.56 Å². The van der Waals surface area contributed by atoms with Crippen molar-refractivity contribution in [3.63, 3.8) is 0 Å². The molecule has 122 valence electrons. The Kier molecular flexibility index (Phi) is 4.64. The van der Waals surface area contributed by atoms with Crippen molar-refractivity contribution >= 4 is 23.2 Å².